The standard InChI is InChI=1S/C32H39FN6O4/c1-20-6-8-32(27-22(20)4-5-25(35)23(27)14-34)13-26-24(16-43-32)28(39-11-9-31(39,17-40)18-41-2)37-29(36-26)42-19-30-7-3-10-38(30)15-21(33)12-30/h4-5,17,20-21H,3,6-13,15-16,18-19,35H2,1-2H3. The number of methoxy groups -OCH3 is 1. The average molecular weight is 591 g/mol. The molecular weight excluding hydrogens is 551 g/mol. The van der Waals surface area contributed by atoms with Crippen molar-refractivity contribution in [2.24, 2.45) is 0 Å². The summed E-state index contributed by atoms with van der Waals surface area (Å²) in [6, 6.07) is 6.40. The number of alkyl halides is 1. The fraction of sp³-hybridized carbons (Fsp3) is 0.625. The van der Waals surface area contributed by atoms with Crippen LogP contribution in [-0.2, 0) is 32.9 Å². The molecule has 1 aromatic heterocycles. The molecule has 0 radical (unpaired) electrons. The van der Waals surface area contributed by atoms with Crippen LogP contribution in [-0.4, -0.2) is 78.4 Å². The lowest BCUT2D eigenvalue weighted by Crippen LogP contribution is -2.64. The molecule has 2 aromatic rings. The number of anilines is 2. The highest BCUT2D eigenvalue weighted by atomic mass is 19.1. The van der Waals surface area contributed by atoms with Gasteiger partial charge in [0.1, 0.15) is 42.1 Å². The number of nitrogens with two attached hydrogens (primary N) is 1. The molecule has 0 bridgehead atoms. The number of ether oxygens (including phenoxy) is 3. The first-order valence-corrected chi connectivity index (χ1v) is 15.4. The van der Waals surface area contributed by atoms with Gasteiger partial charge in [-0.25, -0.2) is 4.39 Å². The molecule has 11 heteroatoms. The van der Waals surface area contributed by atoms with Crippen LogP contribution in [0.15, 0.2) is 12.1 Å². The SMILES string of the molecule is COCC1(C=O)CCN1c1nc(OCC23CCCN2CC(F)C3)nc2c1COC1(CCC(C)c3ccc(N)c(C#N)c31)C2. The minimum atomic E-state index is -0.861. The molecule has 0 saturated carbocycles. The van der Waals surface area contributed by atoms with E-state index in [-0.39, 0.29) is 30.7 Å². The number of nitrogen functional groups attached to an aromatic ring is 1. The van der Waals surface area contributed by atoms with E-state index in [9.17, 15) is 14.4 Å². The Kier molecular flexibility index (Phi) is 6.87. The smallest absolute Gasteiger partial charge is 0.318 e. The highest BCUT2D eigenvalue weighted by Gasteiger charge is 2.52. The van der Waals surface area contributed by atoms with Crippen LogP contribution in [0, 0.1) is 11.3 Å². The Morgan fingerprint density at radius 2 is 2.12 bits per heavy atom. The summed E-state index contributed by atoms with van der Waals surface area (Å²) in [4.78, 5) is 26.4. The summed E-state index contributed by atoms with van der Waals surface area (Å²) in [6.07, 6.45) is 5.10. The van der Waals surface area contributed by atoms with E-state index in [4.69, 9.17) is 29.9 Å². The van der Waals surface area contributed by atoms with Crippen molar-refractivity contribution < 1.29 is 23.4 Å². The van der Waals surface area contributed by atoms with Crippen molar-refractivity contribution in [3.63, 3.8) is 0 Å². The number of aromatic nitrogens is 2. The third-order valence-electron chi connectivity index (χ3n) is 10.8. The molecule has 10 nitrogen and oxygen atoms in total. The summed E-state index contributed by atoms with van der Waals surface area (Å²) in [7, 11) is 1.59. The first-order chi connectivity index (χ1) is 20.8. The topological polar surface area (TPSA) is 127 Å². The van der Waals surface area contributed by atoms with Crippen molar-refractivity contribution in [2.75, 3.05) is 50.6 Å². The zero-order chi connectivity index (χ0) is 30.0. The second-order valence-electron chi connectivity index (χ2n) is 13.2. The maximum Gasteiger partial charge on any atom is 0.318 e. The summed E-state index contributed by atoms with van der Waals surface area (Å²) in [5, 5.41) is 10.2. The van der Waals surface area contributed by atoms with E-state index in [1.165, 1.54) is 0 Å². The first kappa shape index (κ1) is 28.4. The normalized spacial score (nSPS) is 32.9. The van der Waals surface area contributed by atoms with Crippen LogP contribution in [0.1, 0.15) is 79.3 Å². The van der Waals surface area contributed by atoms with E-state index in [0.717, 1.165) is 60.9 Å². The van der Waals surface area contributed by atoms with Crippen molar-refractivity contribution in [1.29, 1.82) is 5.26 Å². The second-order valence-corrected chi connectivity index (χ2v) is 13.2. The Morgan fingerprint density at radius 1 is 1.26 bits per heavy atom. The zero-order valence-electron chi connectivity index (χ0n) is 24.9. The molecule has 43 heavy (non-hydrogen) atoms. The van der Waals surface area contributed by atoms with Crippen molar-refractivity contribution in [1.82, 2.24) is 14.9 Å². The van der Waals surface area contributed by atoms with Gasteiger partial charge in [0.2, 0.25) is 0 Å². The second kappa shape index (κ2) is 10.4. The number of aldehydes is 1. The van der Waals surface area contributed by atoms with E-state index in [1.807, 2.05) is 17.0 Å². The van der Waals surface area contributed by atoms with Gasteiger partial charge in [-0.1, -0.05) is 13.0 Å². The molecule has 0 amide bonds. The lowest BCUT2D eigenvalue weighted by Gasteiger charge is -2.51. The fourth-order valence-corrected chi connectivity index (χ4v) is 8.35. The predicted molar refractivity (Wildman–Crippen MR) is 157 cm³/mol. The summed E-state index contributed by atoms with van der Waals surface area (Å²) in [5.41, 5.74) is 8.80. The number of fused-ring (bicyclic) bond motifs is 4. The van der Waals surface area contributed by atoms with Crippen LogP contribution in [0.2, 0.25) is 0 Å². The van der Waals surface area contributed by atoms with Crippen molar-refractivity contribution >= 4 is 17.8 Å². The molecule has 5 unspecified atom stereocenters. The molecular formula is C32H39FN6O4. The Bertz CT molecular complexity index is 1500. The van der Waals surface area contributed by atoms with Crippen molar-refractivity contribution in [3.8, 4) is 12.1 Å². The summed E-state index contributed by atoms with van der Waals surface area (Å²) >= 11 is 0. The van der Waals surface area contributed by atoms with E-state index in [1.54, 1.807) is 7.11 Å². The Labute approximate surface area is 251 Å². The van der Waals surface area contributed by atoms with E-state index in [2.05, 4.69) is 17.9 Å². The molecule has 3 saturated heterocycles. The van der Waals surface area contributed by atoms with Crippen molar-refractivity contribution in [3.05, 3.63) is 40.1 Å². The first-order valence-electron chi connectivity index (χ1n) is 15.4. The highest BCUT2D eigenvalue weighted by Crippen LogP contribution is 2.52. The van der Waals surface area contributed by atoms with Gasteiger partial charge in [-0.05, 0) is 56.2 Å². The third-order valence-corrected chi connectivity index (χ3v) is 10.8. The van der Waals surface area contributed by atoms with Gasteiger partial charge in [-0.15, -0.1) is 0 Å². The average Bonchev–Trinajstić information content (AvgIpc) is 3.51. The molecule has 1 aromatic carbocycles. The van der Waals surface area contributed by atoms with Crippen molar-refractivity contribution in [2.45, 2.75) is 87.2 Å². The molecule has 1 aliphatic carbocycles. The van der Waals surface area contributed by atoms with Gasteiger partial charge in [-0.3, -0.25) is 4.90 Å². The van der Waals surface area contributed by atoms with Gasteiger partial charge in [0.15, 0.2) is 0 Å². The van der Waals surface area contributed by atoms with Gasteiger partial charge < -0.3 is 29.6 Å². The van der Waals surface area contributed by atoms with Gasteiger partial charge in [-0.2, -0.15) is 15.2 Å². The Morgan fingerprint density at radius 3 is 2.86 bits per heavy atom. The lowest BCUT2D eigenvalue weighted by atomic mass is 9.69. The summed E-state index contributed by atoms with van der Waals surface area (Å²) in [5.74, 6) is 0.874. The predicted octanol–water partition coefficient (Wildman–Crippen LogP) is 3.55. The van der Waals surface area contributed by atoms with Gasteiger partial charge in [0.25, 0.3) is 0 Å². The molecule has 2 N–H and O–H groups in total. The molecule has 1 spiro atoms. The monoisotopic (exact) mass is 590 g/mol. The maximum absolute atomic E-state index is 14.5. The number of benzene rings is 1. The minimum Gasteiger partial charge on any atom is -0.461 e. The summed E-state index contributed by atoms with van der Waals surface area (Å²) < 4.78 is 33.0. The molecule has 4 aliphatic heterocycles. The Balaban J connectivity index is 1.30. The maximum atomic E-state index is 14.5. The van der Waals surface area contributed by atoms with Crippen LogP contribution < -0.4 is 15.4 Å². The largest absolute Gasteiger partial charge is 0.461 e. The highest BCUT2D eigenvalue weighted by molar-refractivity contribution is 5.76. The number of halogens is 1. The zero-order valence-corrected chi connectivity index (χ0v) is 24.9. The number of rotatable bonds is 7. The van der Waals surface area contributed by atoms with Crippen LogP contribution in [0.5, 0.6) is 6.01 Å². The van der Waals surface area contributed by atoms with Crippen LogP contribution in [0.25, 0.3) is 0 Å². The fourth-order valence-electron chi connectivity index (χ4n) is 8.35. The van der Waals surface area contributed by atoms with Crippen LogP contribution >= 0.6 is 0 Å². The van der Waals surface area contributed by atoms with Gasteiger partial charge in [0, 0.05) is 49.9 Å². The number of carbonyl (C=O) groups is 1. The number of nitrogens with zero attached hydrogens (tertiary/aromatic N) is 5. The van der Waals surface area contributed by atoms with Crippen LogP contribution in [0.3, 0.4) is 0 Å². The number of carbonyl (C=O) groups excluding carboxylic acids is 1. The molecule has 5 heterocycles. The van der Waals surface area contributed by atoms with Gasteiger partial charge in [0.05, 0.1) is 30.0 Å². The number of hydrogen-bond donors (Lipinski definition) is 1. The molecule has 228 valence electrons. The molecule has 5 aliphatic rings. The minimum absolute atomic E-state index is 0.218. The quantitative estimate of drug-likeness (QED) is 0.378. The van der Waals surface area contributed by atoms with E-state index in [0.29, 0.717) is 56.0 Å². The van der Waals surface area contributed by atoms with E-state index < -0.39 is 17.3 Å². The molecule has 5 atom stereocenters. The van der Waals surface area contributed by atoms with Crippen LogP contribution in [0.4, 0.5) is 15.9 Å². The Hall–Kier alpha value is -3.33. The van der Waals surface area contributed by atoms with Gasteiger partial charge >= 0.3 is 6.01 Å². The number of hydrogen-bond acceptors (Lipinski definition) is 10. The molecule has 7 rings (SSSR count). The summed E-state index contributed by atoms with van der Waals surface area (Å²) in [6.45, 7) is 4.87. The lowest BCUT2D eigenvalue weighted by molar-refractivity contribution is -0.116. The third kappa shape index (κ3) is 4.32. The van der Waals surface area contributed by atoms with E-state index >= 15 is 0 Å². The molecule has 3 fully saturated rings. The number of nitriles is 1.